The van der Waals surface area contributed by atoms with E-state index >= 15 is 0 Å². The van der Waals surface area contributed by atoms with E-state index in [2.05, 4.69) is 49.9 Å². The highest BCUT2D eigenvalue weighted by atomic mass is 15.3. The van der Waals surface area contributed by atoms with E-state index in [1.807, 2.05) is 7.05 Å². The summed E-state index contributed by atoms with van der Waals surface area (Å²) in [6.45, 7) is 12.8. The first-order valence-electron chi connectivity index (χ1n) is 6.50. The predicted octanol–water partition coefficient (Wildman–Crippen LogP) is 1.40. The van der Waals surface area contributed by atoms with Crippen LogP contribution in [0.2, 0.25) is 0 Å². The number of piperazine rings is 1. The average Bonchev–Trinajstić information content (AvgIpc) is 2.14. The summed E-state index contributed by atoms with van der Waals surface area (Å²) in [7, 11) is 4.30. The van der Waals surface area contributed by atoms with Crippen LogP contribution < -0.4 is 5.32 Å². The van der Waals surface area contributed by atoms with Gasteiger partial charge in [0.2, 0.25) is 0 Å². The summed E-state index contributed by atoms with van der Waals surface area (Å²) in [4.78, 5) is 5.17. The Morgan fingerprint density at radius 2 is 2.00 bits per heavy atom. The van der Waals surface area contributed by atoms with Gasteiger partial charge in [0.15, 0.2) is 0 Å². The number of hydrogen-bond donors (Lipinski definition) is 1. The standard InChI is InChI=1S/C13H29N3/c1-11(2)16-9-12(7-8-14-5)15(6)10-13(16,3)4/h11-12,14H,7-10H2,1-6H3. The molecule has 1 aliphatic heterocycles. The lowest BCUT2D eigenvalue weighted by molar-refractivity contribution is -0.0260. The van der Waals surface area contributed by atoms with Crippen molar-refractivity contribution >= 4 is 0 Å². The highest BCUT2D eigenvalue weighted by molar-refractivity contribution is 4.95. The van der Waals surface area contributed by atoms with Gasteiger partial charge in [-0.15, -0.1) is 0 Å². The molecule has 0 aromatic rings. The zero-order valence-electron chi connectivity index (χ0n) is 11.9. The molecular formula is C13H29N3. The molecule has 0 aliphatic carbocycles. The number of nitrogens with zero attached hydrogens (tertiary/aromatic N) is 2. The van der Waals surface area contributed by atoms with Crippen LogP contribution in [0.25, 0.3) is 0 Å². The van der Waals surface area contributed by atoms with Gasteiger partial charge < -0.3 is 10.2 Å². The Bertz CT molecular complexity index is 213. The molecule has 0 aromatic heterocycles. The van der Waals surface area contributed by atoms with Crippen LogP contribution in [0.3, 0.4) is 0 Å². The lowest BCUT2D eigenvalue weighted by Gasteiger charge is -2.52. The van der Waals surface area contributed by atoms with E-state index in [9.17, 15) is 0 Å². The highest BCUT2D eigenvalue weighted by Gasteiger charge is 2.37. The molecule has 1 aliphatic rings. The summed E-state index contributed by atoms with van der Waals surface area (Å²) < 4.78 is 0. The Morgan fingerprint density at radius 1 is 1.38 bits per heavy atom. The van der Waals surface area contributed by atoms with Gasteiger partial charge in [-0.25, -0.2) is 0 Å². The van der Waals surface area contributed by atoms with Gasteiger partial charge in [-0.3, -0.25) is 4.90 Å². The van der Waals surface area contributed by atoms with Crippen LogP contribution in [0, 0.1) is 0 Å². The van der Waals surface area contributed by atoms with Gasteiger partial charge in [-0.05, 0) is 54.8 Å². The summed E-state index contributed by atoms with van der Waals surface area (Å²) in [6, 6.07) is 1.34. The Kier molecular flexibility index (Phi) is 4.77. The number of nitrogens with one attached hydrogen (secondary N) is 1. The van der Waals surface area contributed by atoms with Crippen LogP contribution in [0.1, 0.15) is 34.1 Å². The maximum absolute atomic E-state index is 3.26. The van der Waals surface area contributed by atoms with Gasteiger partial charge in [0.1, 0.15) is 0 Å². The van der Waals surface area contributed by atoms with Crippen molar-refractivity contribution in [1.29, 1.82) is 0 Å². The average molecular weight is 227 g/mol. The van der Waals surface area contributed by atoms with Crippen LogP contribution in [-0.2, 0) is 0 Å². The van der Waals surface area contributed by atoms with Gasteiger partial charge in [0, 0.05) is 30.7 Å². The second-order valence-electron chi connectivity index (χ2n) is 6.02. The molecular weight excluding hydrogens is 198 g/mol. The van der Waals surface area contributed by atoms with Gasteiger partial charge in [-0.1, -0.05) is 0 Å². The third-order valence-corrected chi connectivity index (χ3v) is 3.80. The minimum absolute atomic E-state index is 0.305. The Morgan fingerprint density at radius 3 is 2.50 bits per heavy atom. The van der Waals surface area contributed by atoms with Crippen molar-refractivity contribution in [2.24, 2.45) is 0 Å². The van der Waals surface area contributed by atoms with Crippen molar-refractivity contribution in [3.8, 4) is 0 Å². The normalized spacial score (nSPS) is 27.6. The Labute approximate surface area is 101 Å². The first-order chi connectivity index (χ1) is 7.38. The van der Waals surface area contributed by atoms with E-state index in [1.165, 1.54) is 19.5 Å². The van der Waals surface area contributed by atoms with Crippen molar-refractivity contribution in [3.05, 3.63) is 0 Å². The molecule has 1 rings (SSSR count). The van der Waals surface area contributed by atoms with Gasteiger partial charge >= 0.3 is 0 Å². The third-order valence-electron chi connectivity index (χ3n) is 3.80. The molecule has 1 N–H and O–H groups in total. The van der Waals surface area contributed by atoms with E-state index in [0.717, 1.165) is 6.54 Å². The van der Waals surface area contributed by atoms with Crippen LogP contribution in [0.5, 0.6) is 0 Å². The fourth-order valence-electron chi connectivity index (χ4n) is 2.98. The van der Waals surface area contributed by atoms with Crippen LogP contribution >= 0.6 is 0 Å². The molecule has 0 radical (unpaired) electrons. The molecule has 0 saturated carbocycles. The van der Waals surface area contributed by atoms with Crippen molar-refractivity contribution < 1.29 is 0 Å². The molecule has 96 valence electrons. The summed E-state index contributed by atoms with van der Waals surface area (Å²) in [6.07, 6.45) is 1.24. The zero-order valence-corrected chi connectivity index (χ0v) is 11.9. The molecule has 1 atom stereocenters. The minimum atomic E-state index is 0.305. The van der Waals surface area contributed by atoms with Gasteiger partial charge in [0.05, 0.1) is 0 Å². The van der Waals surface area contributed by atoms with E-state index in [4.69, 9.17) is 0 Å². The first kappa shape index (κ1) is 13.9. The monoisotopic (exact) mass is 227 g/mol. The second kappa shape index (κ2) is 5.48. The van der Waals surface area contributed by atoms with Gasteiger partial charge in [0.25, 0.3) is 0 Å². The maximum Gasteiger partial charge on any atom is 0.0283 e. The quantitative estimate of drug-likeness (QED) is 0.783. The van der Waals surface area contributed by atoms with Gasteiger partial charge in [-0.2, -0.15) is 0 Å². The van der Waals surface area contributed by atoms with Crippen LogP contribution in [0.15, 0.2) is 0 Å². The van der Waals surface area contributed by atoms with E-state index in [0.29, 0.717) is 17.6 Å². The fourth-order valence-corrected chi connectivity index (χ4v) is 2.98. The fraction of sp³-hybridized carbons (Fsp3) is 1.00. The smallest absolute Gasteiger partial charge is 0.0283 e. The van der Waals surface area contributed by atoms with E-state index < -0.39 is 0 Å². The number of hydrogen-bond acceptors (Lipinski definition) is 3. The van der Waals surface area contributed by atoms with Crippen LogP contribution in [0.4, 0.5) is 0 Å². The zero-order chi connectivity index (χ0) is 12.3. The predicted molar refractivity (Wildman–Crippen MR) is 70.9 cm³/mol. The SMILES string of the molecule is CNCCC1CN(C(C)C)C(C)(C)CN1C. The molecule has 0 bridgehead atoms. The van der Waals surface area contributed by atoms with E-state index in [-0.39, 0.29) is 0 Å². The molecule has 1 unspecified atom stereocenters. The lowest BCUT2D eigenvalue weighted by atomic mass is 9.93. The molecule has 0 aromatic carbocycles. The Hall–Kier alpha value is -0.120. The minimum Gasteiger partial charge on any atom is -0.320 e. The molecule has 3 heteroatoms. The van der Waals surface area contributed by atoms with Crippen molar-refractivity contribution in [1.82, 2.24) is 15.1 Å². The highest BCUT2D eigenvalue weighted by Crippen LogP contribution is 2.26. The molecule has 0 spiro atoms. The van der Waals surface area contributed by atoms with Crippen LogP contribution in [-0.4, -0.2) is 61.2 Å². The number of rotatable bonds is 4. The third kappa shape index (κ3) is 3.19. The summed E-state index contributed by atoms with van der Waals surface area (Å²) >= 11 is 0. The molecule has 1 heterocycles. The topological polar surface area (TPSA) is 18.5 Å². The second-order valence-corrected chi connectivity index (χ2v) is 6.02. The molecule has 16 heavy (non-hydrogen) atoms. The molecule has 1 fully saturated rings. The molecule has 0 amide bonds. The summed E-state index contributed by atoms with van der Waals surface area (Å²) in [5.74, 6) is 0. The van der Waals surface area contributed by atoms with Crippen molar-refractivity contribution in [2.75, 3.05) is 33.7 Å². The van der Waals surface area contributed by atoms with Crippen molar-refractivity contribution in [3.63, 3.8) is 0 Å². The maximum atomic E-state index is 3.26. The largest absolute Gasteiger partial charge is 0.320 e. The summed E-state index contributed by atoms with van der Waals surface area (Å²) in [5.41, 5.74) is 0.305. The Balaban J connectivity index is 2.65. The molecule has 1 saturated heterocycles. The van der Waals surface area contributed by atoms with E-state index in [1.54, 1.807) is 0 Å². The summed E-state index contributed by atoms with van der Waals surface area (Å²) in [5, 5.41) is 3.26. The first-order valence-corrected chi connectivity index (χ1v) is 6.50. The van der Waals surface area contributed by atoms with Crippen molar-refractivity contribution in [2.45, 2.75) is 51.7 Å². The lowest BCUT2D eigenvalue weighted by Crippen LogP contribution is -2.64. The number of likely N-dealkylation sites (N-methyl/N-ethyl adjacent to an activating group) is 1. The molecule has 3 nitrogen and oxygen atoms in total.